The molecule has 6 heteroatoms. The number of fused-ring (bicyclic) bond motifs is 3. The normalized spacial score (nSPS) is 37.0. The van der Waals surface area contributed by atoms with Gasteiger partial charge in [-0.1, -0.05) is 18.1 Å². The maximum Gasteiger partial charge on any atom is 0.309 e. The average molecular weight is 423 g/mol. The fourth-order valence-corrected chi connectivity index (χ4v) is 9.74. The second-order valence-electron chi connectivity index (χ2n) is 8.97. The largest absolute Gasteiger partial charge is 0.466 e. The minimum atomic E-state index is -0.396. The number of rotatable bonds is 3. The van der Waals surface area contributed by atoms with Gasteiger partial charge in [0.05, 0.1) is 17.1 Å². The number of esters is 1. The molecular formula is C22H30O4S2. The molecule has 0 N–H and O–H groups in total. The molecule has 1 heterocycles. The summed E-state index contributed by atoms with van der Waals surface area (Å²) in [5.41, 5.74) is 1.71. The van der Waals surface area contributed by atoms with Crippen LogP contribution in [0.3, 0.4) is 0 Å². The fraction of sp³-hybridized carbons (Fsp3) is 0.773. The van der Waals surface area contributed by atoms with Crippen molar-refractivity contribution in [2.24, 2.45) is 23.2 Å². The first kappa shape index (κ1) is 20.5. The van der Waals surface area contributed by atoms with E-state index in [0.717, 1.165) is 35.5 Å². The number of thioether (sulfide) groups is 2. The van der Waals surface area contributed by atoms with E-state index in [1.807, 2.05) is 37.4 Å². The monoisotopic (exact) mass is 422 g/mol. The van der Waals surface area contributed by atoms with Gasteiger partial charge in [0.15, 0.2) is 0 Å². The molecule has 0 radical (unpaired) electrons. The van der Waals surface area contributed by atoms with E-state index in [-0.39, 0.29) is 45.8 Å². The van der Waals surface area contributed by atoms with Crippen molar-refractivity contribution < 1.29 is 19.1 Å². The summed E-state index contributed by atoms with van der Waals surface area (Å²) in [6.45, 7) is 6.36. The Morgan fingerprint density at radius 1 is 1.18 bits per heavy atom. The van der Waals surface area contributed by atoms with Crippen LogP contribution in [0.2, 0.25) is 0 Å². The number of allylic oxidation sites excluding steroid dienone is 1. The number of ketones is 2. The minimum absolute atomic E-state index is 0.0234. The summed E-state index contributed by atoms with van der Waals surface area (Å²) in [6.07, 6.45) is 4.10. The van der Waals surface area contributed by atoms with Crippen molar-refractivity contribution in [2.75, 3.05) is 18.1 Å². The van der Waals surface area contributed by atoms with Crippen LogP contribution in [-0.2, 0) is 19.1 Å². The van der Waals surface area contributed by atoms with E-state index >= 15 is 0 Å². The van der Waals surface area contributed by atoms with Gasteiger partial charge in [0.2, 0.25) is 0 Å². The van der Waals surface area contributed by atoms with Crippen molar-refractivity contribution in [1.29, 1.82) is 0 Å². The first-order valence-electron chi connectivity index (χ1n) is 10.5. The Labute approximate surface area is 176 Å². The molecule has 154 valence electrons. The van der Waals surface area contributed by atoms with Crippen LogP contribution in [0.4, 0.5) is 0 Å². The summed E-state index contributed by atoms with van der Waals surface area (Å²) in [6, 6.07) is 0. The van der Waals surface area contributed by atoms with Crippen molar-refractivity contribution in [3.8, 4) is 0 Å². The van der Waals surface area contributed by atoms with Crippen LogP contribution in [0.15, 0.2) is 11.1 Å². The summed E-state index contributed by atoms with van der Waals surface area (Å²) < 4.78 is 5.37. The number of hydrogen-bond acceptors (Lipinski definition) is 6. The number of ether oxygens (including phenoxy) is 1. The van der Waals surface area contributed by atoms with Gasteiger partial charge in [-0.05, 0) is 50.5 Å². The summed E-state index contributed by atoms with van der Waals surface area (Å²) in [7, 11) is 0. The average Bonchev–Trinajstić information content (AvgIpc) is 3.02. The molecule has 4 aliphatic rings. The summed E-state index contributed by atoms with van der Waals surface area (Å²) in [5.74, 6) is 2.46. The topological polar surface area (TPSA) is 60.4 Å². The number of Topliss-reactive ketones (excluding diaryl/α,β-unsaturated/α-hetero) is 2. The van der Waals surface area contributed by atoms with Gasteiger partial charge in [0.1, 0.15) is 11.6 Å². The Morgan fingerprint density at radius 3 is 2.57 bits per heavy atom. The molecule has 3 fully saturated rings. The second-order valence-corrected chi connectivity index (χ2v) is 12.2. The molecule has 0 aromatic carbocycles. The Hall–Kier alpha value is -0.750. The van der Waals surface area contributed by atoms with E-state index in [4.69, 9.17) is 4.74 Å². The quantitative estimate of drug-likeness (QED) is 0.496. The van der Waals surface area contributed by atoms with Gasteiger partial charge in [0, 0.05) is 30.1 Å². The molecule has 0 aromatic rings. The van der Waals surface area contributed by atoms with Crippen molar-refractivity contribution in [3.05, 3.63) is 11.1 Å². The molecule has 1 saturated heterocycles. The van der Waals surface area contributed by atoms with E-state index in [9.17, 15) is 14.4 Å². The lowest BCUT2D eigenvalue weighted by Crippen LogP contribution is -2.52. The molecule has 0 amide bonds. The van der Waals surface area contributed by atoms with Crippen LogP contribution in [0.1, 0.15) is 59.3 Å². The van der Waals surface area contributed by atoms with Crippen molar-refractivity contribution in [3.63, 3.8) is 0 Å². The summed E-state index contributed by atoms with van der Waals surface area (Å²) in [5, 5.41) is 0. The van der Waals surface area contributed by atoms with E-state index < -0.39 is 5.41 Å². The lowest BCUT2D eigenvalue weighted by Gasteiger charge is -2.52. The Morgan fingerprint density at radius 2 is 1.89 bits per heavy atom. The van der Waals surface area contributed by atoms with Crippen LogP contribution < -0.4 is 0 Å². The minimum Gasteiger partial charge on any atom is -0.466 e. The third-order valence-electron chi connectivity index (χ3n) is 7.50. The zero-order chi connectivity index (χ0) is 20.1. The van der Waals surface area contributed by atoms with Gasteiger partial charge < -0.3 is 4.74 Å². The Bertz CT molecular complexity index is 737. The highest BCUT2D eigenvalue weighted by Crippen LogP contribution is 2.67. The van der Waals surface area contributed by atoms with E-state index in [2.05, 4.69) is 6.92 Å². The summed E-state index contributed by atoms with van der Waals surface area (Å²) in [4.78, 5) is 38.5. The number of hydrogen-bond donors (Lipinski definition) is 0. The Balaban J connectivity index is 1.74. The Kier molecular flexibility index (Phi) is 5.49. The molecule has 4 rings (SSSR count). The lowest BCUT2D eigenvalue weighted by molar-refractivity contribution is -0.146. The van der Waals surface area contributed by atoms with E-state index in [0.29, 0.717) is 19.4 Å². The molecule has 4 nitrogen and oxygen atoms in total. The maximum absolute atomic E-state index is 13.1. The molecule has 1 spiro atoms. The third kappa shape index (κ3) is 3.19. The molecule has 1 aliphatic heterocycles. The maximum atomic E-state index is 13.1. The van der Waals surface area contributed by atoms with Gasteiger partial charge in [-0.2, -0.15) is 0 Å². The highest BCUT2D eigenvalue weighted by molar-refractivity contribution is 8.18. The molecular weight excluding hydrogens is 392 g/mol. The molecule has 0 aromatic heterocycles. The smallest absolute Gasteiger partial charge is 0.309 e. The lowest BCUT2D eigenvalue weighted by atomic mass is 9.50. The molecule has 4 atom stereocenters. The van der Waals surface area contributed by atoms with E-state index in [1.165, 1.54) is 6.42 Å². The zero-order valence-electron chi connectivity index (χ0n) is 17.0. The van der Waals surface area contributed by atoms with Crippen molar-refractivity contribution >= 4 is 41.1 Å². The van der Waals surface area contributed by atoms with Crippen LogP contribution in [0, 0.1) is 23.2 Å². The SMILES string of the molecule is CCOC(=O)CC1=C(C)CC(=O)[C@@H]2CC(=O)[C@H]3CC4(C[C@H]3[C@@]12C)SCCCS4. The first-order valence-corrected chi connectivity index (χ1v) is 12.5. The molecule has 2 saturated carbocycles. The fourth-order valence-electron chi connectivity index (χ4n) is 6.21. The van der Waals surface area contributed by atoms with Gasteiger partial charge in [-0.15, -0.1) is 23.5 Å². The predicted molar refractivity (Wildman–Crippen MR) is 113 cm³/mol. The summed E-state index contributed by atoms with van der Waals surface area (Å²) >= 11 is 4.04. The van der Waals surface area contributed by atoms with Crippen LogP contribution in [-0.4, -0.2) is 39.7 Å². The molecule has 0 unspecified atom stereocenters. The third-order valence-corrected chi connectivity index (χ3v) is 10.9. The first-order chi connectivity index (χ1) is 13.3. The highest BCUT2D eigenvalue weighted by atomic mass is 32.2. The van der Waals surface area contributed by atoms with Crippen LogP contribution >= 0.6 is 23.5 Å². The predicted octanol–water partition coefficient (Wildman–Crippen LogP) is 4.42. The van der Waals surface area contributed by atoms with Gasteiger partial charge in [0.25, 0.3) is 0 Å². The molecule has 28 heavy (non-hydrogen) atoms. The number of carbonyl (C=O) groups excluding carboxylic acids is 3. The molecule has 0 bridgehead atoms. The van der Waals surface area contributed by atoms with Gasteiger partial charge >= 0.3 is 5.97 Å². The zero-order valence-corrected chi connectivity index (χ0v) is 18.7. The van der Waals surface area contributed by atoms with Crippen molar-refractivity contribution in [2.45, 2.75) is 63.4 Å². The second kappa shape index (κ2) is 7.50. The van der Waals surface area contributed by atoms with Crippen LogP contribution in [0.25, 0.3) is 0 Å². The van der Waals surface area contributed by atoms with Gasteiger partial charge in [-0.25, -0.2) is 0 Å². The van der Waals surface area contributed by atoms with E-state index in [1.54, 1.807) is 0 Å². The standard InChI is InChI=1S/C22H30O4S2/c1-4-26-20(25)10-15-13(2)8-19(24)16-9-18(23)14-11-22(27-6-5-7-28-22)12-17(14)21(15,16)3/h14,16-17H,4-12H2,1-3H3/t14-,16-,17+,21-/m0/s1. The van der Waals surface area contributed by atoms with Crippen LogP contribution in [0.5, 0.6) is 0 Å². The van der Waals surface area contributed by atoms with Gasteiger partial charge in [-0.3, -0.25) is 14.4 Å². The van der Waals surface area contributed by atoms with Crippen molar-refractivity contribution in [1.82, 2.24) is 0 Å². The number of carbonyl (C=O) groups is 3. The molecule has 3 aliphatic carbocycles. The highest BCUT2D eigenvalue weighted by Gasteiger charge is 2.63.